The van der Waals surface area contributed by atoms with Gasteiger partial charge in [-0.15, -0.1) is 0 Å². The Labute approximate surface area is 128 Å². The summed E-state index contributed by atoms with van der Waals surface area (Å²) in [6.45, 7) is 4.70. The largest absolute Gasteiger partial charge is 0.494 e. The highest BCUT2D eigenvalue weighted by Crippen LogP contribution is 2.09. The number of aromatic nitrogens is 2. The lowest BCUT2D eigenvalue weighted by atomic mass is 10.3. The zero-order valence-corrected chi connectivity index (χ0v) is 13.1. The summed E-state index contributed by atoms with van der Waals surface area (Å²) in [5.74, 6) is -0.154. The predicted octanol–water partition coefficient (Wildman–Crippen LogP) is -0.0900. The van der Waals surface area contributed by atoms with E-state index in [-0.39, 0.29) is 21.8 Å². The minimum absolute atomic E-state index is 0.154. The summed E-state index contributed by atoms with van der Waals surface area (Å²) in [5, 5.41) is 10.00. The zero-order valence-electron chi connectivity index (χ0n) is 12.3. The molecule has 1 saturated heterocycles. The van der Waals surface area contributed by atoms with E-state index in [2.05, 4.69) is 9.89 Å². The van der Waals surface area contributed by atoms with Gasteiger partial charge in [0.2, 0.25) is 5.88 Å². The highest BCUT2D eigenvalue weighted by molar-refractivity contribution is 7.71. The molecule has 0 unspecified atom stereocenters. The molecule has 1 aromatic rings. The van der Waals surface area contributed by atoms with Crippen LogP contribution in [0.1, 0.15) is 5.56 Å². The Morgan fingerprint density at radius 2 is 2.00 bits per heavy atom. The van der Waals surface area contributed by atoms with Crippen LogP contribution < -0.4 is 5.56 Å². The number of aliphatic imine (C=N–C) groups is 1. The Morgan fingerprint density at radius 1 is 1.33 bits per heavy atom. The number of rotatable bonds is 4. The SMILES string of the molecule is Cn1c(O)c(C=NCCN2CCOCC2)c(=O)n(C)c1=S. The first-order valence-electron chi connectivity index (χ1n) is 6.81. The van der Waals surface area contributed by atoms with E-state index in [4.69, 9.17) is 17.0 Å². The molecule has 1 aliphatic heterocycles. The van der Waals surface area contributed by atoms with Gasteiger partial charge >= 0.3 is 0 Å². The Morgan fingerprint density at radius 3 is 2.67 bits per heavy atom. The van der Waals surface area contributed by atoms with Gasteiger partial charge in [-0.2, -0.15) is 0 Å². The van der Waals surface area contributed by atoms with Crippen molar-refractivity contribution in [3.05, 3.63) is 20.7 Å². The fourth-order valence-corrected chi connectivity index (χ4v) is 2.32. The maximum absolute atomic E-state index is 12.1. The van der Waals surface area contributed by atoms with Crippen molar-refractivity contribution in [3.63, 3.8) is 0 Å². The van der Waals surface area contributed by atoms with E-state index < -0.39 is 0 Å². The summed E-state index contributed by atoms with van der Waals surface area (Å²) in [6, 6.07) is 0. The van der Waals surface area contributed by atoms with Crippen molar-refractivity contribution >= 4 is 18.4 Å². The molecule has 0 bridgehead atoms. The molecule has 2 rings (SSSR count). The number of aromatic hydroxyl groups is 1. The molecule has 1 aromatic heterocycles. The van der Waals surface area contributed by atoms with E-state index in [1.165, 1.54) is 15.3 Å². The molecule has 0 spiro atoms. The molecule has 0 saturated carbocycles. The normalized spacial score (nSPS) is 16.7. The molecule has 116 valence electrons. The highest BCUT2D eigenvalue weighted by Gasteiger charge is 2.11. The molecule has 0 radical (unpaired) electrons. The van der Waals surface area contributed by atoms with Gasteiger partial charge in [-0.3, -0.25) is 23.8 Å². The van der Waals surface area contributed by atoms with Crippen LogP contribution in [-0.2, 0) is 18.8 Å². The van der Waals surface area contributed by atoms with Gasteiger partial charge in [0.15, 0.2) is 4.77 Å². The van der Waals surface area contributed by atoms with Crippen LogP contribution in [-0.4, -0.2) is 64.7 Å². The third kappa shape index (κ3) is 3.58. The lowest BCUT2D eigenvalue weighted by Gasteiger charge is -2.25. The number of hydrogen-bond acceptors (Lipinski definition) is 6. The Kier molecular flexibility index (Phi) is 5.27. The van der Waals surface area contributed by atoms with Gasteiger partial charge in [-0.05, 0) is 12.2 Å². The summed E-state index contributed by atoms with van der Waals surface area (Å²) in [4.78, 5) is 18.6. The first-order chi connectivity index (χ1) is 10.0. The van der Waals surface area contributed by atoms with Crippen LogP contribution in [0.4, 0.5) is 0 Å². The number of hydrogen-bond donors (Lipinski definition) is 1. The summed E-state index contributed by atoms with van der Waals surface area (Å²) >= 11 is 5.05. The van der Waals surface area contributed by atoms with Crippen LogP contribution in [0, 0.1) is 4.77 Å². The minimum Gasteiger partial charge on any atom is -0.494 e. The molecule has 21 heavy (non-hydrogen) atoms. The molecule has 0 atom stereocenters. The summed E-state index contributed by atoms with van der Waals surface area (Å²) in [7, 11) is 3.19. The lowest BCUT2D eigenvalue weighted by molar-refractivity contribution is 0.0395. The molecular weight excluding hydrogens is 292 g/mol. The molecule has 0 amide bonds. The summed E-state index contributed by atoms with van der Waals surface area (Å²) < 4.78 is 8.25. The average molecular weight is 312 g/mol. The van der Waals surface area contributed by atoms with Gasteiger partial charge in [-0.25, -0.2) is 0 Å². The van der Waals surface area contributed by atoms with Crippen molar-refractivity contribution in [2.24, 2.45) is 19.1 Å². The van der Waals surface area contributed by atoms with Crippen LogP contribution >= 0.6 is 12.2 Å². The van der Waals surface area contributed by atoms with Crippen molar-refractivity contribution < 1.29 is 9.84 Å². The van der Waals surface area contributed by atoms with Gasteiger partial charge in [-0.1, -0.05) is 0 Å². The van der Waals surface area contributed by atoms with Gasteiger partial charge < -0.3 is 9.84 Å². The van der Waals surface area contributed by atoms with Crippen molar-refractivity contribution in [1.82, 2.24) is 14.0 Å². The zero-order chi connectivity index (χ0) is 15.4. The van der Waals surface area contributed by atoms with Crippen LogP contribution in [0.2, 0.25) is 0 Å². The van der Waals surface area contributed by atoms with Crippen LogP contribution in [0.3, 0.4) is 0 Å². The Hall–Kier alpha value is -1.51. The number of ether oxygens (including phenoxy) is 1. The minimum atomic E-state index is -0.342. The van der Waals surface area contributed by atoms with E-state index in [1.54, 1.807) is 14.1 Å². The fraction of sp³-hybridized carbons (Fsp3) is 0.615. The van der Waals surface area contributed by atoms with Crippen LogP contribution in [0.5, 0.6) is 5.88 Å². The second kappa shape index (κ2) is 6.97. The molecule has 0 aliphatic carbocycles. The topological polar surface area (TPSA) is 72.0 Å². The molecule has 1 aliphatic rings. The smallest absolute Gasteiger partial charge is 0.266 e. The third-order valence-electron chi connectivity index (χ3n) is 3.54. The lowest BCUT2D eigenvalue weighted by Crippen LogP contribution is -2.37. The van der Waals surface area contributed by atoms with Crippen molar-refractivity contribution in [1.29, 1.82) is 0 Å². The molecule has 0 aromatic carbocycles. The maximum Gasteiger partial charge on any atom is 0.266 e. The van der Waals surface area contributed by atoms with Gasteiger partial charge in [0, 0.05) is 39.9 Å². The van der Waals surface area contributed by atoms with Crippen molar-refractivity contribution in [3.8, 4) is 5.88 Å². The van der Waals surface area contributed by atoms with Crippen molar-refractivity contribution in [2.75, 3.05) is 39.4 Å². The Balaban J connectivity index is 2.07. The highest BCUT2D eigenvalue weighted by atomic mass is 32.1. The van der Waals surface area contributed by atoms with Gasteiger partial charge in [0.25, 0.3) is 5.56 Å². The van der Waals surface area contributed by atoms with Gasteiger partial charge in [0.05, 0.1) is 19.8 Å². The predicted molar refractivity (Wildman–Crippen MR) is 82.9 cm³/mol. The van der Waals surface area contributed by atoms with E-state index >= 15 is 0 Å². The molecule has 1 N–H and O–H groups in total. The molecule has 2 heterocycles. The molecule has 8 heteroatoms. The molecule has 7 nitrogen and oxygen atoms in total. The monoisotopic (exact) mass is 312 g/mol. The first kappa shape index (κ1) is 15.9. The van der Waals surface area contributed by atoms with Crippen LogP contribution in [0.15, 0.2) is 9.79 Å². The second-order valence-corrected chi connectivity index (χ2v) is 5.30. The number of nitrogens with zero attached hydrogens (tertiary/aromatic N) is 4. The number of morpholine rings is 1. The molecular formula is C13H20N4O3S. The summed E-state index contributed by atoms with van der Waals surface area (Å²) in [5.41, 5.74) is -0.179. The molecule has 1 fully saturated rings. The summed E-state index contributed by atoms with van der Waals surface area (Å²) in [6.07, 6.45) is 1.42. The van der Waals surface area contributed by atoms with E-state index in [9.17, 15) is 9.90 Å². The Bertz CT molecular complexity index is 644. The standard InChI is InChI=1S/C13H20N4O3S/c1-15-11(18)10(12(19)16(2)13(15)21)9-14-3-4-17-5-7-20-8-6-17/h9,18H,3-8H2,1-2H3. The van der Waals surface area contributed by atoms with Crippen LogP contribution in [0.25, 0.3) is 0 Å². The van der Waals surface area contributed by atoms with Crippen molar-refractivity contribution in [2.45, 2.75) is 0 Å². The van der Waals surface area contributed by atoms with E-state index in [0.717, 1.165) is 32.8 Å². The first-order valence-corrected chi connectivity index (χ1v) is 7.22. The third-order valence-corrected chi connectivity index (χ3v) is 4.08. The second-order valence-electron chi connectivity index (χ2n) is 4.93. The average Bonchev–Trinajstić information content (AvgIpc) is 2.51. The quantitative estimate of drug-likeness (QED) is 0.621. The maximum atomic E-state index is 12.1. The van der Waals surface area contributed by atoms with E-state index in [1.807, 2.05) is 0 Å². The van der Waals surface area contributed by atoms with E-state index in [0.29, 0.717) is 6.54 Å². The fourth-order valence-electron chi connectivity index (χ4n) is 2.15. The van der Waals surface area contributed by atoms with Gasteiger partial charge in [0.1, 0.15) is 5.56 Å².